The van der Waals surface area contributed by atoms with Gasteiger partial charge in [0, 0.05) is 18.8 Å². The molecule has 0 N–H and O–H groups in total. The summed E-state index contributed by atoms with van der Waals surface area (Å²) in [5.41, 5.74) is -12.4. The minimum atomic E-state index is -6.72. The summed E-state index contributed by atoms with van der Waals surface area (Å²) >= 11 is 0. The van der Waals surface area contributed by atoms with Gasteiger partial charge in [-0.2, -0.15) is 44.6 Å². The number of rotatable bonds is 7. The summed E-state index contributed by atoms with van der Waals surface area (Å²) in [6.07, 6.45) is 4.14. The first-order valence-corrected chi connectivity index (χ1v) is 11.1. The van der Waals surface area contributed by atoms with Gasteiger partial charge in [-0.1, -0.05) is 0 Å². The van der Waals surface area contributed by atoms with Crippen LogP contribution in [0.3, 0.4) is 0 Å². The highest BCUT2D eigenvalue weighted by Gasteiger charge is 2.46. The second kappa shape index (κ2) is 10.3. The van der Waals surface area contributed by atoms with Crippen LogP contribution in [0.15, 0.2) is 37.2 Å². The Hall–Kier alpha value is -2.35. The highest BCUT2D eigenvalue weighted by Crippen LogP contribution is 2.36. The maximum absolute atomic E-state index is 12.0. The summed E-state index contributed by atoms with van der Waals surface area (Å²) in [7, 11) is -13.4. The van der Waals surface area contributed by atoms with E-state index >= 15 is 0 Å². The van der Waals surface area contributed by atoms with E-state index in [2.05, 4.69) is 5.10 Å². The summed E-state index contributed by atoms with van der Waals surface area (Å²) in [6, 6.07) is 1.82. The van der Waals surface area contributed by atoms with Gasteiger partial charge in [-0.05, 0) is 12.5 Å². The van der Waals surface area contributed by atoms with E-state index in [1.165, 1.54) is 0 Å². The summed E-state index contributed by atoms with van der Waals surface area (Å²) < 4.78 is 150. The molecule has 2 heterocycles. The third kappa shape index (κ3) is 9.58. The molecule has 0 spiro atoms. The molecule has 0 unspecified atom stereocenters. The van der Waals surface area contributed by atoms with E-state index in [0.29, 0.717) is 13.2 Å². The summed E-state index contributed by atoms with van der Waals surface area (Å²) in [4.78, 5) is 0. The maximum atomic E-state index is 12.0. The normalized spacial score (nSPS) is 13.5. The lowest BCUT2D eigenvalue weighted by Gasteiger charge is -2.22. The predicted octanol–water partition coefficient (Wildman–Crippen LogP) is 2.88. The number of alkyl halides is 9. The van der Waals surface area contributed by atoms with E-state index in [1.54, 1.807) is 28.0 Å². The van der Waals surface area contributed by atoms with Crippen molar-refractivity contribution in [3.63, 3.8) is 0 Å². The smallest absolute Gasteiger partial charge is 0.421 e. The second-order valence-electron chi connectivity index (χ2n) is 5.99. The molecule has 2 aromatic heterocycles. The topological polar surface area (TPSA) is 109 Å². The Labute approximate surface area is 180 Å². The van der Waals surface area contributed by atoms with Gasteiger partial charge in [0.1, 0.15) is 12.4 Å². The molecule has 0 bridgehead atoms. The van der Waals surface area contributed by atoms with Gasteiger partial charge in [0.25, 0.3) is 0 Å². The molecule has 0 saturated heterocycles. The minimum Gasteiger partial charge on any atom is -0.421 e. The van der Waals surface area contributed by atoms with E-state index in [1.807, 2.05) is 23.0 Å². The predicted molar refractivity (Wildman–Crippen MR) is 90.8 cm³/mol. The number of nitrogens with zero attached hydrogens (tertiary/aromatic N) is 5. The van der Waals surface area contributed by atoms with Crippen LogP contribution in [0.4, 0.5) is 39.5 Å². The van der Waals surface area contributed by atoms with E-state index < -0.39 is 43.7 Å². The van der Waals surface area contributed by atoms with Crippen LogP contribution in [0.5, 0.6) is 0 Å². The molecule has 2 aromatic rings. The van der Waals surface area contributed by atoms with Gasteiger partial charge in [0.05, 0.1) is 6.54 Å². The monoisotopic (exact) mass is 539 g/mol. The number of aromatic nitrogens is 4. The van der Waals surface area contributed by atoms with E-state index in [9.17, 15) is 56.3 Å². The molecule has 0 atom stereocenters. The Kier molecular flexibility index (Phi) is 8.94. The summed E-state index contributed by atoms with van der Waals surface area (Å²) in [5.74, 6) is 0. The minimum absolute atomic E-state index is 0.0972. The van der Waals surface area contributed by atoms with Gasteiger partial charge in [-0.15, -0.1) is 0 Å². The lowest BCUT2D eigenvalue weighted by Crippen LogP contribution is -2.35. The van der Waals surface area contributed by atoms with Gasteiger partial charge in [-0.25, -0.2) is 30.7 Å². The van der Waals surface area contributed by atoms with Crippen LogP contribution < -0.4 is 4.57 Å². The molecular weight excluding hydrogens is 525 g/mol. The zero-order valence-electron chi connectivity index (χ0n) is 15.9. The van der Waals surface area contributed by atoms with Crippen molar-refractivity contribution in [3.05, 3.63) is 41.3 Å². The molecule has 0 fully saturated rings. The Morgan fingerprint density at radius 3 is 1.85 bits per heavy atom. The Balaban J connectivity index is 0.000000337. The van der Waals surface area contributed by atoms with Crippen LogP contribution in [0.2, 0.25) is 0 Å². The molecule has 9 nitrogen and oxygen atoms in total. The fourth-order valence-corrected chi connectivity index (χ4v) is 3.59. The van der Waals surface area contributed by atoms with Crippen molar-refractivity contribution in [3.8, 4) is 0 Å². The standard InChI is InChI=1S/C11H14F3N4.C2F6NO4S2/c12-11(13,14)3-1-5-16-7-8-17(9-16)10-18-6-2-4-15-18;3-1(4,5)14(10,11)9-15(12,13)2(6,7)8/h2,4,6-9H,1,3,5,10H2;/q+1;-1. The Morgan fingerprint density at radius 1 is 0.879 bits per heavy atom. The average Bonchev–Trinajstić information content (AvgIpc) is 3.24. The molecule has 0 radical (unpaired) electrons. The van der Waals surface area contributed by atoms with Crippen LogP contribution in [0.25, 0.3) is 4.13 Å². The molecule has 2 rings (SSSR count). The number of imidazole rings is 1. The molecule has 33 heavy (non-hydrogen) atoms. The van der Waals surface area contributed by atoms with Gasteiger partial charge in [-0.3, -0.25) is 0 Å². The lowest BCUT2D eigenvalue weighted by atomic mass is 10.3. The maximum Gasteiger partial charge on any atom is 0.480 e. The van der Waals surface area contributed by atoms with Gasteiger partial charge in [0.15, 0.2) is 26.7 Å². The Morgan fingerprint density at radius 2 is 1.42 bits per heavy atom. The molecule has 190 valence electrons. The van der Waals surface area contributed by atoms with Crippen LogP contribution in [-0.2, 0) is 33.3 Å². The fourth-order valence-electron chi connectivity index (χ4n) is 1.88. The molecule has 0 aliphatic rings. The van der Waals surface area contributed by atoms with Gasteiger partial charge < -0.3 is 4.13 Å². The first kappa shape index (κ1) is 28.7. The number of hydrogen-bond acceptors (Lipinski definition) is 5. The summed E-state index contributed by atoms with van der Waals surface area (Å²) in [6.45, 7) is 0.922. The zero-order valence-corrected chi connectivity index (χ0v) is 17.5. The number of sulfonamides is 2. The second-order valence-corrected chi connectivity index (χ2v) is 9.41. The molecule has 0 aliphatic heterocycles. The van der Waals surface area contributed by atoms with Crippen molar-refractivity contribution in [2.45, 2.75) is 43.2 Å². The molecular formula is C13H14F9N5O4S2. The van der Waals surface area contributed by atoms with E-state index in [-0.39, 0.29) is 6.42 Å². The third-order valence-corrected chi connectivity index (χ3v) is 6.01. The summed E-state index contributed by atoms with van der Waals surface area (Å²) in [5, 5.41) is 4.05. The van der Waals surface area contributed by atoms with Gasteiger partial charge in [0.2, 0.25) is 6.33 Å². The van der Waals surface area contributed by atoms with Crippen LogP contribution >= 0.6 is 0 Å². The van der Waals surface area contributed by atoms with Crippen molar-refractivity contribution >= 4 is 20.0 Å². The Bertz CT molecular complexity index is 1050. The van der Waals surface area contributed by atoms with Crippen molar-refractivity contribution in [1.82, 2.24) is 14.3 Å². The van der Waals surface area contributed by atoms with Crippen molar-refractivity contribution in [2.24, 2.45) is 0 Å². The molecule has 0 saturated carbocycles. The quantitative estimate of drug-likeness (QED) is 0.397. The lowest BCUT2D eigenvalue weighted by molar-refractivity contribution is -0.702. The van der Waals surface area contributed by atoms with Crippen LogP contribution in [0.1, 0.15) is 12.8 Å². The average molecular weight is 539 g/mol. The van der Waals surface area contributed by atoms with Crippen LogP contribution in [-0.4, -0.2) is 48.4 Å². The van der Waals surface area contributed by atoms with Crippen LogP contribution in [0, 0.1) is 0 Å². The molecule has 0 aromatic carbocycles. The SMILES string of the molecule is FC(F)(F)CCCn1cc[n+](Cn2cccn2)c1.O=S(=O)([N-]S(=O)(=O)C(F)(F)F)C(F)(F)F. The third-order valence-electron chi connectivity index (χ3n) is 3.27. The number of hydrogen-bond donors (Lipinski definition) is 0. The molecule has 0 aliphatic carbocycles. The fraction of sp³-hybridized carbons (Fsp3) is 0.538. The first-order chi connectivity index (χ1) is 14.7. The largest absolute Gasteiger partial charge is 0.480 e. The van der Waals surface area contributed by atoms with Crippen molar-refractivity contribution < 1.29 is 60.9 Å². The van der Waals surface area contributed by atoms with E-state index in [4.69, 9.17) is 0 Å². The van der Waals surface area contributed by atoms with E-state index in [0.717, 1.165) is 4.13 Å². The highest BCUT2D eigenvalue weighted by molar-refractivity contribution is 8.13. The highest BCUT2D eigenvalue weighted by atomic mass is 32.3. The number of halogens is 9. The molecule has 0 amide bonds. The zero-order chi connectivity index (χ0) is 25.7. The first-order valence-electron chi connectivity index (χ1n) is 8.19. The molecule has 20 heteroatoms. The van der Waals surface area contributed by atoms with Gasteiger partial charge >= 0.3 is 17.2 Å². The number of aryl methyl sites for hydroxylation is 1. The van der Waals surface area contributed by atoms with Crippen molar-refractivity contribution in [1.29, 1.82) is 0 Å². The van der Waals surface area contributed by atoms with Crippen molar-refractivity contribution in [2.75, 3.05) is 0 Å².